The molecule has 0 aliphatic carbocycles. The predicted octanol–water partition coefficient (Wildman–Crippen LogP) is 6.90. The number of ether oxygens (including phenoxy) is 1. The summed E-state index contributed by atoms with van der Waals surface area (Å²) in [7, 11) is 3.67. The number of pyridine rings is 1. The van der Waals surface area contributed by atoms with Gasteiger partial charge >= 0.3 is 0 Å². The molecule has 0 unspecified atom stereocenters. The number of aromatic nitrogens is 4. The molecule has 3 aliphatic heterocycles. The molecule has 0 radical (unpaired) electrons. The van der Waals surface area contributed by atoms with Gasteiger partial charge in [0, 0.05) is 65.4 Å². The Kier molecular flexibility index (Phi) is 7.74. The molecule has 49 heavy (non-hydrogen) atoms. The fourth-order valence-corrected chi connectivity index (χ4v) is 8.49. The van der Waals surface area contributed by atoms with Crippen molar-refractivity contribution in [2.45, 2.75) is 89.9 Å². The number of hydrogen-bond donors (Lipinski definition) is 2. The summed E-state index contributed by atoms with van der Waals surface area (Å²) in [6.45, 7) is 4.86. The Morgan fingerprint density at radius 1 is 1.06 bits per heavy atom. The lowest BCUT2D eigenvalue weighted by Gasteiger charge is -2.24. The summed E-state index contributed by atoms with van der Waals surface area (Å²) in [5.74, 6) is 2.01. The van der Waals surface area contributed by atoms with Crippen LogP contribution < -0.4 is 15.8 Å². The third-order valence-corrected chi connectivity index (χ3v) is 11.3. The molecule has 3 atom stereocenters. The van der Waals surface area contributed by atoms with E-state index in [1.54, 1.807) is 13.3 Å². The number of benzene rings is 2. The third-order valence-electron chi connectivity index (χ3n) is 11.3. The zero-order valence-electron chi connectivity index (χ0n) is 28.8. The van der Waals surface area contributed by atoms with Crippen molar-refractivity contribution in [2.75, 3.05) is 12.4 Å². The van der Waals surface area contributed by atoms with Gasteiger partial charge in [0.25, 0.3) is 5.91 Å². The second-order valence-corrected chi connectivity index (χ2v) is 14.8. The van der Waals surface area contributed by atoms with Crippen LogP contribution in [0.1, 0.15) is 75.6 Å². The first-order chi connectivity index (χ1) is 23.6. The molecule has 0 saturated carbocycles. The summed E-state index contributed by atoms with van der Waals surface area (Å²) >= 11 is 0. The van der Waals surface area contributed by atoms with E-state index in [1.165, 1.54) is 0 Å². The smallest absolute Gasteiger partial charge is 0.254 e. The van der Waals surface area contributed by atoms with Crippen LogP contribution in [0.15, 0.2) is 54.7 Å². The van der Waals surface area contributed by atoms with Crippen molar-refractivity contribution >= 4 is 39.6 Å². The van der Waals surface area contributed by atoms with Crippen molar-refractivity contribution in [1.82, 2.24) is 24.0 Å². The van der Waals surface area contributed by atoms with Gasteiger partial charge < -0.3 is 29.8 Å². The molecule has 3 N–H and O–H groups in total. The molecule has 10 heteroatoms. The number of nitrogens with zero attached hydrogens (tertiary/aromatic N) is 5. The molecular weight excluding hydrogens is 614 g/mol. The lowest BCUT2D eigenvalue weighted by atomic mass is 9.85. The number of methoxy groups -OCH3 is 1. The first-order valence-electron chi connectivity index (χ1n) is 17.7. The van der Waals surface area contributed by atoms with E-state index in [9.17, 15) is 9.59 Å². The zero-order chi connectivity index (χ0) is 34.0. The van der Waals surface area contributed by atoms with Gasteiger partial charge in [-0.1, -0.05) is 45.2 Å². The van der Waals surface area contributed by atoms with E-state index >= 15 is 0 Å². The highest BCUT2D eigenvalue weighted by Crippen LogP contribution is 2.40. The highest BCUT2D eigenvalue weighted by atomic mass is 16.5. The second-order valence-electron chi connectivity index (χ2n) is 14.8. The highest BCUT2D eigenvalue weighted by molar-refractivity contribution is 6.01. The largest absolute Gasteiger partial charge is 0.494 e. The van der Waals surface area contributed by atoms with Gasteiger partial charge in [0.1, 0.15) is 17.1 Å². The summed E-state index contributed by atoms with van der Waals surface area (Å²) in [6, 6.07) is 16.7. The number of carbonyl (C=O) groups is 2. The van der Waals surface area contributed by atoms with Crippen LogP contribution in [0.25, 0.3) is 44.6 Å². The molecule has 3 aromatic heterocycles. The SMILES string of the molecule is COc1cc(C(=O)N2[C@H]3CC[C@@H]2[C@H](N)C3)cc2nc(-c3cc4ccc5cc4n3CCCCCCC(C)(C)C(=O)Nc3ncccc3-5)n(C)c12. The number of rotatable bonds is 3. The minimum atomic E-state index is -0.496. The van der Waals surface area contributed by atoms with Gasteiger partial charge in [0.05, 0.1) is 18.3 Å². The van der Waals surface area contributed by atoms with Gasteiger partial charge in [-0.25, -0.2) is 9.97 Å². The fourth-order valence-electron chi connectivity index (χ4n) is 8.49. The summed E-state index contributed by atoms with van der Waals surface area (Å²) < 4.78 is 10.4. The number of nitrogens with one attached hydrogen (secondary N) is 1. The number of hydrogen-bond acceptors (Lipinski definition) is 6. The fraction of sp³-hybridized carbons (Fsp3) is 0.436. The highest BCUT2D eigenvalue weighted by Gasteiger charge is 2.47. The molecule has 4 bridgehead atoms. The molecule has 2 aromatic carbocycles. The molecule has 2 amide bonds. The monoisotopic (exact) mass is 659 g/mol. The van der Waals surface area contributed by atoms with E-state index in [-0.39, 0.29) is 29.9 Å². The first-order valence-corrected chi connectivity index (χ1v) is 17.7. The van der Waals surface area contributed by atoms with Crippen LogP contribution in [0.5, 0.6) is 5.75 Å². The van der Waals surface area contributed by atoms with E-state index in [0.717, 1.165) is 102 Å². The van der Waals surface area contributed by atoms with E-state index in [2.05, 4.69) is 43.7 Å². The normalized spacial score (nSPS) is 22.3. The van der Waals surface area contributed by atoms with Gasteiger partial charge in [-0.15, -0.1) is 0 Å². The summed E-state index contributed by atoms with van der Waals surface area (Å²) in [4.78, 5) is 39.1. The van der Waals surface area contributed by atoms with Gasteiger partial charge in [-0.3, -0.25) is 9.59 Å². The minimum absolute atomic E-state index is 0.00689. The van der Waals surface area contributed by atoms with E-state index < -0.39 is 5.41 Å². The number of nitrogens with two attached hydrogens (primary N) is 1. The Morgan fingerprint density at radius 2 is 1.90 bits per heavy atom. The number of imidazole rings is 1. The van der Waals surface area contributed by atoms with E-state index in [4.69, 9.17) is 15.5 Å². The lowest BCUT2D eigenvalue weighted by molar-refractivity contribution is -0.124. The van der Waals surface area contributed by atoms with Crippen molar-refractivity contribution in [2.24, 2.45) is 18.2 Å². The maximum Gasteiger partial charge on any atom is 0.254 e. The Morgan fingerprint density at radius 3 is 2.67 bits per heavy atom. The molecule has 3 aliphatic rings. The van der Waals surface area contributed by atoms with Crippen molar-refractivity contribution in [3.05, 3.63) is 60.3 Å². The van der Waals surface area contributed by atoms with Crippen molar-refractivity contribution in [1.29, 1.82) is 0 Å². The summed E-state index contributed by atoms with van der Waals surface area (Å²) in [5, 5.41) is 4.25. The molecular formula is C39H45N7O3. The van der Waals surface area contributed by atoms with Crippen LogP contribution >= 0.6 is 0 Å². The van der Waals surface area contributed by atoms with Gasteiger partial charge in [0.2, 0.25) is 5.91 Å². The maximum absolute atomic E-state index is 13.9. The average Bonchev–Trinajstić information content (AvgIpc) is 3.84. The molecule has 254 valence electrons. The predicted molar refractivity (Wildman–Crippen MR) is 192 cm³/mol. The van der Waals surface area contributed by atoms with Gasteiger partial charge in [0.15, 0.2) is 5.82 Å². The van der Waals surface area contributed by atoms with Crippen LogP contribution in [-0.4, -0.2) is 61.1 Å². The summed E-state index contributed by atoms with van der Waals surface area (Å²) in [6.07, 6.45) is 9.46. The molecule has 2 fully saturated rings. The van der Waals surface area contributed by atoms with Crippen LogP contribution in [0.4, 0.5) is 5.82 Å². The number of aryl methyl sites for hydroxylation is 2. The molecule has 5 aromatic rings. The Bertz CT molecular complexity index is 2110. The van der Waals surface area contributed by atoms with E-state index in [0.29, 0.717) is 17.1 Å². The molecule has 10 nitrogen and oxygen atoms in total. The van der Waals surface area contributed by atoms with Crippen molar-refractivity contribution in [3.63, 3.8) is 0 Å². The zero-order valence-corrected chi connectivity index (χ0v) is 28.8. The minimum Gasteiger partial charge on any atom is -0.494 e. The van der Waals surface area contributed by atoms with Crippen LogP contribution in [0.2, 0.25) is 0 Å². The number of fused-ring (bicyclic) bond motifs is 6. The Hall–Kier alpha value is -4.70. The van der Waals surface area contributed by atoms with Crippen LogP contribution in [0, 0.1) is 5.41 Å². The number of carbonyl (C=O) groups excluding carboxylic acids is 2. The summed E-state index contributed by atoms with van der Waals surface area (Å²) in [5.41, 5.74) is 12.0. The van der Waals surface area contributed by atoms with Gasteiger partial charge in [-0.2, -0.15) is 0 Å². The Labute approximate surface area is 286 Å². The second kappa shape index (κ2) is 12.0. The molecule has 8 rings (SSSR count). The molecule has 6 heterocycles. The third kappa shape index (κ3) is 5.28. The first kappa shape index (κ1) is 31.6. The van der Waals surface area contributed by atoms with Crippen LogP contribution in [0.3, 0.4) is 0 Å². The Balaban J connectivity index is 1.24. The van der Waals surface area contributed by atoms with E-state index in [1.807, 2.05) is 50.1 Å². The molecule has 2 saturated heterocycles. The van der Waals surface area contributed by atoms with Crippen LogP contribution in [-0.2, 0) is 18.4 Å². The average molecular weight is 660 g/mol. The number of anilines is 1. The van der Waals surface area contributed by atoms with Gasteiger partial charge in [-0.05, 0) is 74.1 Å². The van der Waals surface area contributed by atoms with Crippen molar-refractivity contribution in [3.8, 4) is 28.4 Å². The number of amides is 2. The topological polar surface area (TPSA) is 120 Å². The lowest BCUT2D eigenvalue weighted by Crippen LogP contribution is -2.40. The molecule has 0 spiro atoms. The standard InChI is InChI=1S/C39H45N7O3/c1-39(2)15-7-5-6-8-17-45-31-19-23(27-10-9-16-41-35(27)43-38(39)48)11-12-24(31)20-32(45)36-42-29-18-25(21-33(49-4)34(29)44(36)3)37(47)46-26-13-14-30(46)28(40)22-26/h9-12,16,18-21,26,28,30H,5-8,13-15,17,22,40H2,1-4H3,(H,41,43,48)/t26-,28+,30+/m0/s1. The maximum atomic E-state index is 13.9. The van der Waals surface area contributed by atoms with Crippen molar-refractivity contribution < 1.29 is 14.3 Å². The quantitative estimate of drug-likeness (QED) is 0.218.